The molecule has 1 N–H and O–H groups in total. The van der Waals surface area contributed by atoms with Crippen LogP contribution >= 0.6 is 0 Å². The number of amides is 1. The molecule has 1 aliphatic heterocycles. The first-order chi connectivity index (χ1) is 9.89. The summed E-state index contributed by atoms with van der Waals surface area (Å²) in [6.45, 7) is 21.3. The SMILES string of the molecule is CC.CC.CCNC(=O)C(C)C(C)(C)N1CCN(C)CC1. The van der Waals surface area contributed by atoms with Gasteiger partial charge in [-0.25, -0.2) is 0 Å². The first kappa shape index (κ1) is 22.7. The van der Waals surface area contributed by atoms with Crippen molar-refractivity contribution in [3.8, 4) is 0 Å². The molecular formula is C17H39N3O. The largest absolute Gasteiger partial charge is 0.356 e. The summed E-state index contributed by atoms with van der Waals surface area (Å²) in [7, 11) is 2.15. The van der Waals surface area contributed by atoms with Gasteiger partial charge in [-0.3, -0.25) is 9.69 Å². The molecule has 0 saturated carbocycles. The van der Waals surface area contributed by atoms with E-state index in [-0.39, 0.29) is 17.4 Å². The minimum absolute atomic E-state index is 0.0193. The van der Waals surface area contributed by atoms with Gasteiger partial charge >= 0.3 is 0 Å². The number of rotatable bonds is 4. The van der Waals surface area contributed by atoms with Crippen molar-refractivity contribution in [2.75, 3.05) is 39.8 Å². The van der Waals surface area contributed by atoms with Gasteiger partial charge in [0.05, 0.1) is 5.92 Å². The Hall–Kier alpha value is -0.610. The minimum Gasteiger partial charge on any atom is -0.356 e. The molecule has 0 aliphatic carbocycles. The van der Waals surface area contributed by atoms with E-state index < -0.39 is 0 Å². The van der Waals surface area contributed by atoms with E-state index >= 15 is 0 Å². The molecule has 1 atom stereocenters. The molecule has 128 valence electrons. The third-order valence-corrected chi connectivity index (χ3v) is 4.12. The molecule has 1 fully saturated rings. The number of nitrogens with zero attached hydrogens (tertiary/aromatic N) is 2. The number of carbonyl (C=O) groups excluding carboxylic acids is 1. The normalized spacial score (nSPS) is 17.8. The predicted octanol–water partition coefficient (Wildman–Crippen LogP) is 2.84. The number of hydrogen-bond donors (Lipinski definition) is 1. The van der Waals surface area contributed by atoms with E-state index in [1.807, 2.05) is 41.5 Å². The second-order valence-electron chi connectivity index (χ2n) is 5.56. The molecule has 1 aliphatic rings. The summed E-state index contributed by atoms with van der Waals surface area (Å²) in [6.07, 6.45) is 0. The molecule has 0 aromatic heterocycles. The zero-order chi connectivity index (χ0) is 17.1. The lowest BCUT2D eigenvalue weighted by Crippen LogP contribution is -2.58. The molecule has 1 heterocycles. The lowest BCUT2D eigenvalue weighted by molar-refractivity contribution is -0.129. The van der Waals surface area contributed by atoms with Gasteiger partial charge in [0.1, 0.15) is 0 Å². The van der Waals surface area contributed by atoms with E-state index in [4.69, 9.17) is 0 Å². The third kappa shape index (κ3) is 7.28. The van der Waals surface area contributed by atoms with Crippen LogP contribution in [0.1, 0.15) is 55.4 Å². The summed E-state index contributed by atoms with van der Waals surface area (Å²) in [6, 6.07) is 0. The van der Waals surface area contributed by atoms with Crippen molar-refractivity contribution in [2.45, 2.75) is 60.9 Å². The minimum atomic E-state index is -0.0689. The van der Waals surface area contributed by atoms with E-state index in [2.05, 4.69) is 36.0 Å². The summed E-state index contributed by atoms with van der Waals surface area (Å²) >= 11 is 0. The zero-order valence-corrected chi connectivity index (χ0v) is 15.9. The van der Waals surface area contributed by atoms with Crippen LogP contribution in [0.2, 0.25) is 0 Å². The number of carbonyl (C=O) groups is 1. The first-order valence-electron chi connectivity index (χ1n) is 8.61. The van der Waals surface area contributed by atoms with Crippen molar-refractivity contribution in [3.05, 3.63) is 0 Å². The van der Waals surface area contributed by atoms with Gasteiger partial charge in [-0.1, -0.05) is 34.6 Å². The molecule has 1 rings (SSSR count). The predicted molar refractivity (Wildman–Crippen MR) is 93.7 cm³/mol. The van der Waals surface area contributed by atoms with E-state index in [0.717, 1.165) is 26.2 Å². The molecule has 0 bridgehead atoms. The molecule has 0 aromatic carbocycles. The Bertz CT molecular complexity index is 259. The molecule has 0 spiro atoms. The maximum Gasteiger partial charge on any atom is 0.224 e. The molecule has 1 saturated heterocycles. The Labute approximate surface area is 133 Å². The van der Waals surface area contributed by atoms with Gasteiger partial charge in [0.25, 0.3) is 0 Å². The maximum absolute atomic E-state index is 11.9. The van der Waals surface area contributed by atoms with Gasteiger partial charge in [0.2, 0.25) is 5.91 Å². The summed E-state index contributed by atoms with van der Waals surface area (Å²) in [5, 5.41) is 2.92. The first-order valence-corrected chi connectivity index (χ1v) is 8.61. The van der Waals surface area contributed by atoms with Crippen LogP contribution in [0, 0.1) is 5.92 Å². The van der Waals surface area contributed by atoms with Crippen LogP contribution in [0.25, 0.3) is 0 Å². The number of nitrogens with one attached hydrogen (secondary N) is 1. The summed E-state index contributed by atoms with van der Waals surface area (Å²) < 4.78 is 0. The highest BCUT2D eigenvalue weighted by atomic mass is 16.1. The average molecular weight is 302 g/mol. The van der Waals surface area contributed by atoms with Crippen molar-refractivity contribution in [1.29, 1.82) is 0 Å². The Morgan fingerprint density at radius 1 is 1.10 bits per heavy atom. The van der Waals surface area contributed by atoms with Crippen molar-refractivity contribution in [1.82, 2.24) is 15.1 Å². The maximum atomic E-state index is 11.9. The van der Waals surface area contributed by atoms with Gasteiger partial charge < -0.3 is 10.2 Å². The van der Waals surface area contributed by atoms with Gasteiger partial charge in [0, 0.05) is 38.3 Å². The van der Waals surface area contributed by atoms with Gasteiger partial charge in [-0.15, -0.1) is 0 Å². The van der Waals surface area contributed by atoms with Crippen molar-refractivity contribution < 1.29 is 4.79 Å². The highest BCUT2D eigenvalue weighted by Crippen LogP contribution is 2.25. The molecule has 4 heteroatoms. The Morgan fingerprint density at radius 2 is 1.52 bits per heavy atom. The second kappa shape index (κ2) is 12.0. The third-order valence-electron chi connectivity index (χ3n) is 4.12. The molecule has 4 nitrogen and oxygen atoms in total. The Balaban J connectivity index is 0. The van der Waals surface area contributed by atoms with E-state index in [9.17, 15) is 4.79 Å². The lowest BCUT2D eigenvalue weighted by Gasteiger charge is -2.46. The monoisotopic (exact) mass is 301 g/mol. The number of likely N-dealkylation sites (N-methyl/N-ethyl adjacent to an activating group) is 1. The van der Waals surface area contributed by atoms with Crippen LogP contribution in [0.3, 0.4) is 0 Å². The summed E-state index contributed by atoms with van der Waals surface area (Å²) in [4.78, 5) is 16.7. The van der Waals surface area contributed by atoms with Crippen molar-refractivity contribution in [2.24, 2.45) is 5.92 Å². The number of piperazine rings is 1. The fourth-order valence-corrected chi connectivity index (χ4v) is 2.30. The zero-order valence-electron chi connectivity index (χ0n) is 15.9. The van der Waals surface area contributed by atoms with Crippen LogP contribution in [0.4, 0.5) is 0 Å². The van der Waals surface area contributed by atoms with E-state index in [0.29, 0.717) is 6.54 Å². The standard InChI is InChI=1S/C13H27N3O.2C2H6/c1-6-14-12(17)11(2)13(3,4)16-9-7-15(5)8-10-16;2*1-2/h11H,6-10H2,1-5H3,(H,14,17);2*1-2H3. The Kier molecular flexibility index (Phi) is 12.9. The Morgan fingerprint density at radius 3 is 1.90 bits per heavy atom. The molecule has 0 aromatic rings. The van der Waals surface area contributed by atoms with Crippen LogP contribution in [0.15, 0.2) is 0 Å². The van der Waals surface area contributed by atoms with Gasteiger partial charge in [0.15, 0.2) is 0 Å². The van der Waals surface area contributed by atoms with E-state index in [1.165, 1.54) is 0 Å². The highest BCUT2D eigenvalue weighted by molar-refractivity contribution is 5.79. The fourth-order valence-electron chi connectivity index (χ4n) is 2.30. The fraction of sp³-hybridized carbons (Fsp3) is 0.941. The average Bonchev–Trinajstić information content (AvgIpc) is 2.51. The molecule has 21 heavy (non-hydrogen) atoms. The summed E-state index contributed by atoms with van der Waals surface area (Å²) in [5.74, 6) is 0.183. The topological polar surface area (TPSA) is 35.6 Å². The van der Waals surface area contributed by atoms with Crippen LogP contribution in [-0.4, -0.2) is 61.0 Å². The van der Waals surface area contributed by atoms with Crippen molar-refractivity contribution >= 4 is 5.91 Å². The van der Waals surface area contributed by atoms with Crippen molar-refractivity contribution in [3.63, 3.8) is 0 Å². The van der Waals surface area contributed by atoms with Gasteiger partial charge in [-0.2, -0.15) is 0 Å². The molecule has 1 unspecified atom stereocenters. The molecule has 1 amide bonds. The van der Waals surface area contributed by atoms with Crippen LogP contribution in [-0.2, 0) is 4.79 Å². The van der Waals surface area contributed by atoms with E-state index in [1.54, 1.807) is 0 Å². The highest BCUT2D eigenvalue weighted by Gasteiger charge is 2.37. The second-order valence-corrected chi connectivity index (χ2v) is 5.56. The van der Waals surface area contributed by atoms with Crippen LogP contribution < -0.4 is 5.32 Å². The quantitative estimate of drug-likeness (QED) is 0.867. The van der Waals surface area contributed by atoms with Gasteiger partial charge in [-0.05, 0) is 27.8 Å². The summed E-state index contributed by atoms with van der Waals surface area (Å²) in [5.41, 5.74) is -0.0689. The number of hydrogen-bond acceptors (Lipinski definition) is 3. The lowest BCUT2D eigenvalue weighted by atomic mass is 9.85. The molecular weight excluding hydrogens is 262 g/mol. The van der Waals surface area contributed by atoms with Crippen LogP contribution in [0.5, 0.6) is 0 Å². The smallest absolute Gasteiger partial charge is 0.224 e. The molecule has 0 radical (unpaired) electrons.